The van der Waals surface area contributed by atoms with E-state index < -0.39 is 35.4 Å². The van der Waals surface area contributed by atoms with Gasteiger partial charge in [0.05, 0.1) is 35.2 Å². The van der Waals surface area contributed by atoms with E-state index in [-0.39, 0.29) is 22.0 Å². The van der Waals surface area contributed by atoms with Crippen LogP contribution in [0, 0.1) is 23.1 Å². The van der Waals surface area contributed by atoms with E-state index in [0.717, 1.165) is 11.8 Å². The second-order valence-corrected chi connectivity index (χ2v) is 8.60. The maximum atomic E-state index is 13.8. The number of amides is 2. The van der Waals surface area contributed by atoms with Crippen molar-refractivity contribution < 1.29 is 23.5 Å². The molecule has 3 rings (SSSR count). The number of anilines is 1. The molecule has 0 aromatic heterocycles. The molecule has 2 aromatic rings. The van der Waals surface area contributed by atoms with Crippen molar-refractivity contribution in [3.63, 3.8) is 0 Å². The second-order valence-electron chi connectivity index (χ2n) is 6.69. The van der Waals surface area contributed by atoms with E-state index in [0.29, 0.717) is 10.0 Å². The highest BCUT2D eigenvalue weighted by molar-refractivity contribution is 9.10. The number of nitriles is 1. The van der Waals surface area contributed by atoms with E-state index in [1.165, 1.54) is 25.3 Å². The molecule has 32 heavy (non-hydrogen) atoms. The molecule has 2 N–H and O–H groups in total. The van der Waals surface area contributed by atoms with Gasteiger partial charge in [0, 0.05) is 10.4 Å². The lowest BCUT2D eigenvalue weighted by atomic mass is 9.78. The van der Waals surface area contributed by atoms with Crippen molar-refractivity contribution in [2.24, 2.45) is 5.92 Å². The number of hydrogen-bond acceptors (Lipinski definition) is 6. The van der Waals surface area contributed by atoms with Crippen LogP contribution < -0.4 is 10.6 Å². The summed E-state index contributed by atoms with van der Waals surface area (Å²) in [4.78, 5) is 37.5. The zero-order chi connectivity index (χ0) is 23.3. The van der Waals surface area contributed by atoms with E-state index in [4.69, 9.17) is 4.74 Å². The normalized spacial score (nSPS) is 17.9. The zero-order valence-electron chi connectivity index (χ0n) is 16.7. The minimum absolute atomic E-state index is 0.0260. The van der Waals surface area contributed by atoms with Gasteiger partial charge in [0.15, 0.2) is 0 Å². The molecule has 1 aliphatic rings. The third-order valence-corrected chi connectivity index (χ3v) is 6.20. The lowest BCUT2D eigenvalue weighted by molar-refractivity contribution is -0.150. The van der Waals surface area contributed by atoms with Crippen LogP contribution in [0.1, 0.15) is 11.5 Å². The summed E-state index contributed by atoms with van der Waals surface area (Å²) < 4.78 is 19.3. The Bertz CT molecular complexity index is 1150. The number of carbonyl (C=O) groups excluding carboxylic acids is 3. The summed E-state index contributed by atoms with van der Waals surface area (Å²) in [5.74, 6) is -4.86. The Kier molecular flexibility index (Phi) is 7.66. The average Bonchev–Trinajstić information content (AvgIpc) is 2.78. The van der Waals surface area contributed by atoms with E-state index in [1.807, 2.05) is 0 Å². The highest BCUT2D eigenvalue weighted by atomic mass is 79.9. The van der Waals surface area contributed by atoms with E-state index in [2.05, 4.69) is 32.6 Å². The van der Waals surface area contributed by atoms with Gasteiger partial charge in [-0.25, -0.2) is 4.39 Å². The topological polar surface area (TPSA) is 108 Å². The number of allylic oxidation sites excluding steroid dienone is 1. The van der Waals surface area contributed by atoms with Gasteiger partial charge in [0.1, 0.15) is 11.7 Å². The number of carbonyl (C=O) groups is 3. The van der Waals surface area contributed by atoms with E-state index in [1.54, 1.807) is 30.3 Å². The van der Waals surface area contributed by atoms with Gasteiger partial charge in [-0.15, -0.1) is 0 Å². The Labute approximate surface area is 196 Å². The number of hydrogen-bond donors (Lipinski definition) is 2. The number of esters is 1. The van der Waals surface area contributed by atoms with Gasteiger partial charge in [-0.3, -0.25) is 14.4 Å². The Morgan fingerprint density at radius 3 is 2.69 bits per heavy atom. The zero-order valence-corrected chi connectivity index (χ0v) is 19.1. The molecule has 0 unspecified atom stereocenters. The number of nitrogens with zero attached hydrogens (tertiary/aromatic N) is 1. The monoisotopic (exact) mass is 517 g/mol. The van der Waals surface area contributed by atoms with Crippen LogP contribution in [-0.2, 0) is 19.1 Å². The second kappa shape index (κ2) is 10.4. The lowest BCUT2D eigenvalue weighted by Gasteiger charge is -2.31. The molecule has 0 saturated carbocycles. The standard InChI is InChI=1S/C22H17BrFN3O4S/c1-31-22(30)19-18(12-5-4-6-13(23)9-12)14(10-25)21(27-20(19)29)32-11-17(28)26-16-8-3-2-7-15(16)24/h2-9,18-19H,11H2,1H3,(H,26,28)(H,27,29)/t18-,19+/m1/s1. The predicted molar refractivity (Wildman–Crippen MR) is 121 cm³/mol. The molecule has 0 bridgehead atoms. The summed E-state index contributed by atoms with van der Waals surface area (Å²) in [6, 6.07) is 14.7. The third kappa shape index (κ3) is 5.18. The molecule has 2 aromatic carbocycles. The molecule has 7 nitrogen and oxygen atoms in total. The Morgan fingerprint density at radius 1 is 1.28 bits per heavy atom. The summed E-state index contributed by atoms with van der Waals surface area (Å²) in [5.41, 5.74) is 0.718. The summed E-state index contributed by atoms with van der Waals surface area (Å²) in [6.07, 6.45) is 0. The molecule has 0 spiro atoms. The van der Waals surface area contributed by atoms with Crippen LogP contribution in [0.15, 0.2) is 63.6 Å². The summed E-state index contributed by atoms with van der Waals surface area (Å²) in [5, 5.41) is 15.0. The van der Waals surface area contributed by atoms with Crippen LogP contribution in [0.4, 0.5) is 10.1 Å². The van der Waals surface area contributed by atoms with Crippen LogP contribution in [0.2, 0.25) is 0 Å². The fraction of sp³-hybridized carbons (Fsp3) is 0.182. The lowest BCUT2D eigenvalue weighted by Crippen LogP contribution is -2.44. The van der Waals surface area contributed by atoms with Crippen molar-refractivity contribution in [3.8, 4) is 6.07 Å². The van der Waals surface area contributed by atoms with Gasteiger partial charge >= 0.3 is 5.97 Å². The predicted octanol–water partition coefficient (Wildman–Crippen LogP) is 3.70. The number of rotatable bonds is 6. The van der Waals surface area contributed by atoms with Crippen molar-refractivity contribution >= 4 is 51.2 Å². The first-order valence-corrected chi connectivity index (χ1v) is 11.1. The number of benzene rings is 2. The Balaban J connectivity index is 1.90. The number of thioether (sulfide) groups is 1. The fourth-order valence-electron chi connectivity index (χ4n) is 3.27. The summed E-state index contributed by atoms with van der Waals surface area (Å²) >= 11 is 4.28. The molecule has 2 amide bonds. The van der Waals surface area contributed by atoms with Crippen molar-refractivity contribution in [2.75, 3.05) is 18.2 Å². The minimum atomic E-state index is -1.26. The molecular weight excluding hydrogens is 501 g/mol. The average molecular weight is 518 g/mol. The highest BCUT2D eigenvalue weighted by Crippen LogP contribution is 2.40. The van der Waals surface area contributed by atoms with Crippen molar-refractivity contribution in [2.45, 2.75) is 5.92 Å². The first-order valence-electron chi connectivity index (χ1n) is 9.31. The molecule has 0 radical (unpaired) electrons. The maximum absolute atomic E-state index is 13.8. The van der Waals surface area contributed by atoms with Crippen LogP contribution in [-0.4, -0.2) is 30.6 Å². The van der Waals surface area contributed by atoms with Crippen LogP contribution in [0.5, 0.6) is 0 Å². The number of para-hydroxylation sites is 1. The summed E-state index contributed by atoms with van der Waals surface area (Å²) in [7, 11) is 1.17. The molecule has 0 aliphatic carbocycles. The Hall–Kier alpha value is -3.16. The number of halogens is 2. The largest absolute Gasteiger partial charge is 0.468 e. The highest BCUT2D eigenvalue weighted by Gasteiger charge is 2.44. The first-order chi connectivity index (χ1) is 15.3. The van der Waals surface area contributed by atoms with Crippen molar-refractivity contribution in [1.82, 2.24) is 5.32 Å². The smallest absolute Gasteiger partial charge is 0.319 e. The maximum Gasteiger partial charge on any atom is 0.319 e. The van der Waals surface area contributed by atoms with E-state index in [9.17, 15) is 24.0 Å². The van der Waals surface area contributed by atoms with Gasteiger partial charge in [0.2, 0.25) is 11.8 Å². The van der Waals surface area contributed by atoms with Crippen molar-refractivity contribution in [3.05, 3.63) is 75.0 Å². The molecule has 0 saturated heterocycles. The first kappa shape index (κ1) is 23.5. The van der Waals surface area contributed by atoms with Crippen LogP contribution in [0.25, 0.3) is 0 Å². The third-order valence-electron chi connectivity index (χ3n) is 4.69. The molecule has 1 aliphatic heterocycles. The van der Waals surface area contributed by atoms with Gasteiger partial charge in [0.25, 0.3) is 0 Å². The number of nitrogens with one attached hydrogen (secondary N) is 2. The minimum Gasteiger partial charge on any atom is -0.468 e. The molecular formula is C22H17BrFN3O4S. The number of methoxy groups -OCH3 is 1. The van der Waals surface area contributed by atoms with Gasteiger partial charge in [-0.1, -0.05) is 52.0 Å². The molecule has 1 heterocycles. The molecule has 164 valence electrons. The Morgan fingerprint density at radius 2 is 2.03 bits per heavy atom. The van der Waals surface area contributed by atoms with E-state index >= 15 is 0 Å². The van der Waals surface area contributed by atoms with Gasteiger partial charge in [-0.05, 0) is 29.8 Å². The SMILES string of the molecule is COC(=O)[C@@H]1C(=O)NC(SCC(=O)Nc2ccccc2F)=C(C#N)[C@H]1c1cccc(Br)c1. The van der Waals surface area contributed by atoms with Crippen LogP contribution >= 0.6 is 27.7 Å². The fourth-order valence-corrected chi connectivity index (χ4v) is 4.53. The molecule has 10 heteroatoms. The van der Waals surface area contributed by atoms with Gasteiger partial charge in [-0.2, -0.15) is 5.26 Å². The molecule has 2 atom stereocenters. The van der Waals surface area contributed by atoms with Crippen LogP contribution in [0.3, 0.4) is 0 Å². The van der Waals surface area contributed by atoms with Crippen molar-refractivity contribution in [1.29, 1.82) is 5.26 Å². The quantitative estimate of drug-likeness (QED) is 0.446. The van der Waals surface area contributed by atoms with Gasteiger partial charge < -0.3 is 15.4 Å². The number of ether oxygens (including phenoxy) is 1. The summed E-state index contributed by atoms with van der Waals surface area (Å²) in [6.45, 7) is 0. The molecule has 0 fully saturated rings.